The maximum absolute atomic E-state index is 12.1. The molecule has 0 aromatic heterocycles. The summed E-state index contributed by atoms with van der Waals surface area (Å²) in [5.41, 5.74) is 0.252. The van der Waals surface area contributed by atoms with Gasteiger partial charge in [0.1, 0.15) is 30.5 Å². The van der Waals surface area contributed by atoms with Crippen molar-refractivity contribution in [2.75, 3.05) is 0 Å². The highest BCUT2D eigenvalue weighted by Gasteiger charge is 2.69. The number of fused-ring (bicyclic) bond motifs is 7. The van der Waals surface area contributed by atoms with Crippen LogP contribution in [0.3, 0.4) is 0 Å². The molecule has 4 aliphatic heterocycles. The second-order valence-corrected chi connectivity index (χ2v) is 6.91. The molecule has 3 fully saturated rings. The first-order valence-corrected chi connectivity index (χ1v) is 7.44. The van der Waals surface area contributed by atoms with E-state index in [1.165, 1.54) is 0 Å². The molecule has 5 rings (SSSR count). The third kappa shape index (κ3) is 1.49. The van der Waals surface area contributed by atoms with Gasteiger partial charge in [0.25, 0.3) is 0 Å². The zero-order valence-corrected chi connectivity index (χ0v) is 11.8. The van der Waals surface area contributed by atoms with Crippen molar-refractivity contribution in [3.05, 3.63) is 11.6 Å². The summed E-state index contributed by atoms with van der Waals surface area (Å²) in [4.78, 5) is 24.0. The number of esters is 2. The summed E-state index contributed by atoms with van der Waals surface area (Å²) >= 11 is 0. The minimum atomic E-state index is -0.400. The second-order valence-electron chi connectivity index (χ2n) is 6.91. The lowest BCUT2D eigenvalue weighted by Crippen LogP contribution is -2.35. The van der Waals surface area contributed by atoms with Crippen LogP contribution in [0.25, 0.3) is 0 Å². The second kappa shape index (κ2) is 3.50. The predicted octanol–water partition coefficient (Wildman–Crippen LogP) is 0.344. The molecule has 5 aliphatic rings. The number of hydrogen-bond donors (Lipinski definition) is 0. The Labute approximate surface area is 121 Å². The number of epoxide rings is 2. The zero-order valence-electron chi connectivity index (χ0n) is 11.8. The Balaban J connectivity index is 1.57. The third-order valence-corrected chi connectivity index (χ3v) is 5.53. The van der Waals surface area contributed by atoms with Gasteiger partial charge in [0.05, 0.1) is 17.1 Å². The third-order valence-electron chi connectivity index (χ3n) is 5.53. The van der Waals surface area contributed by atoms with Gasteiger partial charge >= 0.3 is 11.9 Å². The molecular weight excluding hydrogens is 276 g/mol. The molecule has 0 saturated carbocycles. The topological polar surface area (TPSA) is 77.7 Å². The Kier molecular flexibility index (Phi) is 2.03. The van der Waals surface area contributed by atoms with Crippen LogP contribution in [-0.4, -0.2) is 48.1 Å². The van der Waals surface area contributed by atoms with Crippen molar-refractivity contribution in [1.82, 2.24) is 0 Å². The number of carbonyl (C=O) groups excluding carboxylic acids is 2. The standard InChI is InChI=1S/C15H16O6/c1-5-9-7-3-6(14(17)18-7)10-11(20-10)12-15(2,21-12)4-8(9)19-13(5)16/h3,5,7-12H,4H2,1-2H3/t5-,7-,8-,9-,10+,11+,12-,15-/m0/s1. The van der Waals surface area contributed by atoms with Crippen molar-refractivity contribution in [1.29, 1.82) is 0 Å². The molecule has 6 heteroatoms. The van der Waals surface area contributed by atoms with Crippen LogP contribution in [0.4, 0.5) is 0 Å². The van der Waals surface area contributed by atoms with Crippen LogP contribution in [0.5, 0.6) is 0 Å². The normalized spacial score (nSPS) is 56.5. The Morgan fingerprint density at radius 3 is 2.90 bits per heavy atom. The van der Waals surface area contributed by atoms with Gasteiger partial charge in [-0.05, 0) is 13.0 Å². The average Bonchev–Trinajstić information content (AvgIpc) is 3.25. The molecule has 2 bridgehead atoms. The van der Waals surface area contributed by atoms with Gasteiger partial charge in [0.2, 0.25) is 0 Å². The molecule has 6 nitrogen and oxygen atoms in total. The molecule has 0 unspecified atom stereocenters. The van der Waals surface area contributed by atoms with E-state index in [4.69, 9.17) is 18.9 Å². The van der Waals surface area contributed by atoms with Crippen LogP contribution >= 0.6 is 0 Å². The summed E-state index contributed by atoms with van der Waals surface area (Å²) in [6.07, 6.45) is 1.48. The summed E-state index contributed by atoms with van der Waals surface area (Å²) in [5, 5.41) is 0. The van der Waals surface area contributed by atoms with Crippen LogP contribution in [-0.2, 0) is 28.5 Å². The Morgan fingerprint density at radius 2 is 2.10 bits per heavy atom. The fraction of sp³-hybridized carbons (Fsp3) is 0.733. The largest absolute Gasteiger partial charge is 0.462 e. The van der Waals surface area contributed by atoms with Crippen LogP contribution in [0.1, 0.15) is 20.3 Å². The van der Waals surface area contributed by atoms with Gasteiger partial charge in [-0.25, -0.2) is 4.79 Å². The molecule has 0 aromatic carbocycles. The van der Waals surface area contributed by atoms with Gasteiger partial charge < -0.3 is 18.9 Å². The predicted molar refractivity (Wildman–Crippen MR) is 67.1 cm³/mol. The van der Waals surface area contributed by atoms with Crippen molar-refractivity contribution in [2.45, 2.75) is 56.4 Å². The first-order valence-electron chi connectivity index (χ1n) is 7.44. The first-order chi connectivity index (χ1) is 9.98. The highest BCUT2D eigenvalue weighted by molar-refractivity contribution is 5.93. The first kappa shape index (κ1) is 12.2. The summed E-state index contributed by atoms with van der Waals surface area (Å²) in [7, 11) is 0. The van der Waals surface area contributed by atoms with E-state index in [1.807, 2.05) is 19.9 Å². The van der Waals surface area contributed by atoms with E-state index in [0.717, 1.165) is 0 Å². The Morgan fingerprint density at radius 1 is 1.29 bits per heavy atom. The molecule has 21 heavy (non-hydrogen) atoms. The van der Waals surface area contributed by atoms with E-state index in [-0.39, 0.29) is 53.8 Å². The van der Waals surface area contributed by atoms with Crippen molar-refractivity contribution < 1.29 is 28.5 Å². The molecular formula is C15H16O6. The van der Waals surface area contributed by atoms with Crippen molar-refractivity contribution in [3.8, 4) is 0 Å². The molecule has 4 heterocycles. The molecule has 3 saturated heterocycles. The van der Waals surface area contributed by atoms with Crippen LogP contribution in [0.15, 0.2) is 11.6 Å². The van der Waals surface area contributed by atoms with E-state index >= 15 is 0 Å². The minimum absolute atomic E-state index is 0.0244. The summed E-state index contributed by atoms with van der Waals surface area (Å²) in [5.74, 6) is -0.970. The Hall–Kier alpha value is -1.40. The van der Waals surface area contributed by atoms with E-state index in [9.17, 15) is 9.59 Å². The van der Waals surface area contributed by atoms with E-state index < -0.39 is 6.10 Å². The lowest BCUT2D eigenvalue weighted by Gasteiger charge is -2.24. The SMILES string of the molecule is C[C@@H]1C(=O)O[C@H]2C[C@]3(C)O[C@H]3[C@@H]3O[C@@H]3C3=C[C@H](OC3=O)[C@@H]21. The van der Waals surface area contributed by atoms with Crippen molar-refractivity contribution in [3.63, 3.8) is 0 Å². The number of ether oxygens (including phenoxy) is 4. The molecule has 0 aromatic rings. The number of hydrogen-bond acceptors (Lipinski definition) is 6. The van der Waals surface area contributed by atoms with Crippen LogP contribution in [0, 0.1) is 11.8 Å². The monoisotopic (exact) mass is 292 g/mol. The minimum Gasteiger partial charge on any atom is -0.462 e. The van der Waals surface area contributed by atoms with Gasteiger partial charge in [-0.2, -0.15) is 0 Å². The lowest BCUT2D eigenvalue weighted by atomic mass is 9.81. The molecule has 0 N–H and O–H groups in total. The highest BCUT2D eigenvalue weighted by atomic mass is 16.7. The highest BCUT2D eigenvalue weighted by Crippen LogP contribution is 2.54. The average molecular weight is 292 g/mol. The van der Waals surface area contributed by atoms with Crippen molar-refractivity contribution in [2.24, 2.45) is 11.8 Å². The zero-order chi connectivity index (χ0) is 14.5. The van der Waals surface area contributed by atoms with Gasteiger partial charge in [0, 0.05) is 12.3 Å². The molecule has 112 valence electrons. The lowest BCUT2D eigenvalue weighted by molar-refractivity contribution is -0.144. The van der Waals surface area contributed by atoms with Crippen LogP contribution < -0.4 is 0 Å². The van der Waals surface area contributed by atoms with Crippen LogP contribution in [0.2, 0.25) is 0 Å². The van der Waals surface area contributed by atoms with Crippen molar-refractivity contribution >= 4 is 11.9 Å². The maximum Gasteiger partial charge on any atom is 0.337 e. The van der Waals surface area contributed by atoms with Gasteiger partial charge in [-0.15, -0.1) is 0 Å². The number of carbonyl (C=O) groups is 2. The van der Waals surface area contributed by atoms with Gasteiger partial charge in [-0.1, -0.05) is 6.92 Å². The van der Waals surface area contributed by atoms with Gasteiger partial charge in [-0.3, -0.25) is 4.79 Å². The van der Waals surface area contributed by atoms with E-state index in [1.54, 1.807) is 0 Å². The smallest absolute Gasteiger partial charge is 0.337 e. The molecule has 1 aliphatic carbocycles. The van der Waals surface area contributed by atoms with E-state index in [0.29, 0.717) is 12.0 Å². The van der Waals surface area contributed by atoms with Gasteiger partial charge in [0.15, 0.2) is 0 Å². The fourth-order valence-corrected chi connectivity index (χ4v) is 4.20. The molecule has 0 radical (unpaired) electrons. The Bertz CT molecular complexity index is 597. The quantitative estimate of drug-likeness (QED) is 0.473. The molecule has 0 spiro atoms. The maximum atomic E-state index is 12.1. The summed E-state index contributed by atoms with van der Waals surface area (Å²) in [6, 6.07) is 0. The molecule has 8 atom stereocenters. The molecule has 0 amide bonds. The summed E-state index contributed by atoms with van der Waals surface area (Å²) in [6.45, 7) is 3.85. The summed E-state index contributed by atoms with van der Waals surface area (Å²) < 4.78 is 22.5. The van der Waals surface area contributed by atoms with E-state index in [2.05, 4.69) is 0 Å². The fourth-order valence-electron chi connectivity index (χ4n) is 4.20. The number of rotatable bonds is 0.